The van der Waals surface area contributed by atoms with Crippen molar-refractivity contribution in [2.45, 2.75) is 43.9 Å². The van der Waals surface area contributed by atoms with E-state index in [1.54, 1.807) is 18.9 Å². The van der Waals surface area contributed by atoms with Crippen LogP contribution in [0.4, 0.5) is 0 Å². The van der Waals surface area contributed by atoms with Gasteiger partial charge in [0.2, 0.25) is 0 Å². The molecule has 0 fully saturated rings. The third-order valence-electron chi connectivity index (χ3n) is 3.55. The maximum Gasteiger partial charge on any atom is 0.188 e. The Kier molecular flexibility index (Phi) is 5.18. The van der Waals surface area contributed by atoms with Crippen LogP contribution in [-0.4, -0.2) is 31.1 Å². The molecule has 0 amide bonds. The molecule has 0 saturated carbocycles. The SMILES string of the molecule is COCOc1c(C)c(C)c2c(c1C)SC(CCCO)O2. The number of rotatable bonds is 6. The Morgan fingerprint density at radius 2 is 1.95 bits per heavy atom. The summed E-state index contributed by atoms with van der Waals surface area (Å²) in [4.78, 5) is 1.15. The summed E-state index contributed by atoms with van der Waals surface area (Å²) in [5.41, 5.74) is 3.42. The molecule has 0 saturated heterocycles. The molecule has 1 N–H and O–H groups in total. The summed E-state index contributed by atoms with van der Waals surface area (Å²) in [7, 11) is 1.62. The van der Waals surface area contributed by atoms with Crippen LogP contribution in [0.2, 0.25) is 0 Å². The zero-order valence-electron chi connectivity index (χ0n) is 12.5. The van der Waals surface area contributed by atoms with Gasteiger partial charge in [0.05, 0.1) is 4.90 Å². The number of thioether (sulfide) groups is 1. The highest BCUT2D eigenvalue weighted by molar-refractivity contribution is 8.00. The first-order valence-corrected chi connectivity index (χ1v) is 7.67. The van der Waals surface area contributed by atoms with E-state index in [9.17, 15) is 0 Å². The van der Waals surface area contributed by atoms with Crippen molar-refractivity contribution in [3.05, 3.63) is 16.7 Å². The standard InChI is InChI=1S/C15H22O4S/c1-9-10(2)14-15(11(3)13(9)18-8-17-4)20-12(19-14)6-5-7-16/h12,16H,5-8H2,1-4H3. The van der Waals surface area contributed by atoms with E-state index in [1.807, 2.05) is 6.92 Å². The lowest BCUT2D eigenvalue weighted by Crippen LogP contribution is -2.08. The number of ether oxygens (including phenoxy) is 3. The fourth-order valence-electron chi connectivity index (χ4n) is 2.35. The molecule has 1 aliphatic rings. The first-order valence-electron chi connectivity index (χ1n) is 6.79. The predicted molar refractivity (Wildman–Crippen MR) is 79.7 cm³/mol. The molecule has 1 aromatic rings. The average molecular weight is 298 g/mol. The van der Waals surface area contributed by atoms with Crippen LogP contribution in [0, 0.1) is 20.8 Å². The summed E-state index contributed by atoms with van der Waals surface area (Å²) >= 11 is 1.72. The molecule has 1 heterocycles. The van der Waals surface area contributed by atoms with Gasteiger partial charge in [0, 0.05) is 19.3 Å². The Labute approximate surface area is 124 Å². The quantitative estimate of drug-likeness (QED) is 0.817. The zero-order valence-corrected chi connectivity index (χ0v) is 13.3. The number of aliphatic hydroxyl groups excluding tert-OH is 1. The fourth-order valence-corrected chi connectivity index (χ4v) is 3.62. The molecule has 1 aliphatic heterocycles. The lowest BCUT2D eigenvalue weighted by molar-refractivity contribution is 0.0498. The maximum atomic E-state index is 8.94. The molecule has 5 heteroatoms. The van der Waals surface area contributed by atoms with Gasteiger partial charge in [-0.15, -0.1) is 0 Å². The summed E-state index contributed by atoms with van der Waals surface area (Å²) < 4.78 is 16.7. The molecule has 0 spiro atoms. The summed E-state index contributed by atoms with van der Waals surface area (Å²) in [6, 6.07) is 0. The normalized spacial score (nSPS) is 16.9. The summed E-state index contributed by atoms with van der Waals surface area (Å²) in [6.07, 6.45) is 1.61. The predicted octanol–water partition coefficient (Wildman–Crippen LogP) is 3.18. The van der Waals surface area contributed by atoms with Gasteiger partial charge >= 0.3 is 0 Å². The average Bonchev–Trinajstić information content (AvgIpc) is 2.87. The number of hydrogen-bond donors (Lipinski definition) is 1. The number of fused-ring (bicyclic) bond motifs is 1. The van der Waals surface area contributed by atoms with Crippen LogP contribution in [0.25, 0.3) is 0 Å². The fraction of sp³-hybridized carbons (Fsp3) is 0.600. The number of hydrogen-bond acceptors (Lipinski definition) is 5. The van der Waals surface area contributed by atoms with Gasteiger partial charge in [-0.2, -0.15) is 0 Å². The Morgan fingerprint density at radius 1 is 1.20 bits per heavy atom. The van der Waals surface area contributed by atoms with Gasteiger partial charge < -0.3 is 19.3 Å². The van der Waals surface area contributed by atoms with Crippen molar-refractivity contribution in [1.82, 2.24) is 0 Å². The molecular formula is C15H22O4S. The monoisotopic (exact) mass is 298 g/mol. The van der Waals surface area contributed by atoms with Crippen LogP contribution in [-0.2, 0) is 4.74 Å². The molecule has 0 aliphatic carbocycles. The van der Waals surface area contributed by atoms with E-state index < -0.39 is 0 Å². The third kappa shape index (κ3) is 2.90. The summed E-state index contributed by atoms with van der Waals surface area (Å²) in [5, 5.41) is 8.94. The van der Waals surface area contributed by atoms with E-state index in [2.05, 4.69) is 13.8 Å². The first kappa shape index (κ1) is 15.5. The van der Waals surface area contributed by atoms with Gasteiger partial charge in [-0.1, -0.05) is 11.8 Å². The van der Waals surface area contributed by atoms with Crippen molar-refractivity contribution in [2.75, 3.05) is 20.5 Å². The number of methoxy groups -OCH3 is 1. The second-order valence-corrected chi connectivity index (χ2v) is 6.11. The molecule has 0 bridgehead atoms. The molecule has 1 unspecified atom stereocenters. The van der Waals surface area contributed by atoms with Crippen LogP contribution < -0.4 is 9.47 Å². The molecular weight excluding hydrogens is 276 g/mol. The van der Waals surface area contributed by atoms with Gasteiger partial charge in [-0.25, -0.2) is 0 Å². The van der Waals surface area contributed by atoms with E-state index >= 15 is 0 Å². The zero-order chi connectivity index (χ0) is 14.7. The van der Waals surface area contributed by atoms with Gasteiger partial charge in [0.1, 0.15) is 16.9 Å². The van der Waals surface area contributed by atoms with Gasteiger partial charge in [-0.3, -0.25) is 0 Å². The molecule has 2 rings (SSSR count). The molecule has 112 valence electrons. The van der Waals surface area contributed by atoms with Crippen molar-refractivity contribution >= 4 is 11.8 Å². The van der Waals surface area contributed by atoms with Gasteiger partial charge in [0.25, 0.3) is 0 Å². The minimum Gasteiger partial charge on any atom is -0.478 e. The first-order chi connectivity index (χ1) is 9.60. The van der Waals surface area contributed by atoms with E-state index in [1.165, 1.54) is 0 Å². The molecule has 4 nitrogen and oxygen atoms in total. The van der Waals surface area contributed by atoms with Crippen LogP contribution in [0.3, 0.4) is 0 Å². The van der Waals surface area contributed by atoms with Crippen LogP contribution in [0.5, 0.6) is 11.5 Å². The van der Waals surface area contributed by atoms with E-state index in [-0.39, 0.29) is 18.8 Å². The highest BCUT2D eigenvalue weighted by Gasteiger charge is 2.30. The largest absolute Gasteiger partial charge is 0.478 e. The van der Waals surface area contributed by atoms with E-state index in [4.69, 9.17) is 19.3 Å². The molecule has 1 aromatic carbocycles. The summed E-state index contributed by atoms with van der Waals surface area (Å²) in [6.45, 7) is 6.61. The minimum atomic E-state index is 0.0895. The minimum absolute atomic E-state index is 0.0895. The Bertz CT molecular complexity index is 487. The van der Waals surface area contributed by atoms with E-state index in [0.29, 0.717) is 0 Å². The van der Waals surface area contributed by atoms with Crippen molar-refractivity contribution in [1.29, 1.82) is 0 Å². The van der Waals surface area contributed by atoms with Crippen molar-refractivity contribution in [2.24, 2.45) is 0 Å². The molecule has 0 aromatic heterocycles. The van der Waals surface area contributed by atoms with E-state index in [0.717, 1.165) is 45.9 Å². The van der Waals surface area contributed by atoms with Gasteiger partial charge in [-0.05, 0) is 44.7 Å². The van der Waals surface area contributed by atoms with Crippen LogP contribution >= 0.6 is 11.8 Å². The number of benzene rings is 1. The Morgan fingerprint density at radius 3 is 2.60 bits per heavy atom. The topological polar surface area (TPSA) is 47.9 Å². The van der Waals surface area contributed by atoms with Crippen LogP contribution in [0.1, 0.15) is 29.5 Å². The van der Waals surface area contributed by atoms with Crippen molar-refractivity contribution < 1.29 is 19.3 Å². The second kappa shape index (κ2) is 6.70. The maximum absolute atomic E-state index is 8.94. The lowest BCUT2D eigenvalue weighted by atomic mass is 10.0. The highest BCUT2D eigenvalue weighted by atomic mass is 32.2. The van der Waals surface area contributed by atoms with Crippen molar-refractivity contribution in [3.63, 3.8) is 0 Å². The highest BCUT2D eigenvalue weighted by Crippen LogP contribution is 2.50. The Balaban J connectivity index is 2.29. The summed E-state index contributed by atoms with van der Waals surface area (Å²) in [5.74, 6) is 1.86. The molecule has 20 heavy (non-hydrogen) atoms. The molecule has 1 atom stereocenters. The van der Waals surface area contributed by atoms with Gasteiger partial charge in [0.15, 0.2) is 6.79 Å². The second-order valence-electron chi connectivity index (χ2n) is 4.94. The van der Waals surface area contributed by atoms with Crippen molar-refractivity contribution in [3.8, 4) is 11.5 Å². The lowest BCUT2D eigenvalue weighted by Gasteiger charge is -2.16. The third-order valence-corrected chi connectivity index (χ3v) is 4.87. The smallest absolute Gasteiger partial charge is 0.188 e. The van der Waals surface area contributed by atoms with Crippen LogP contribution in [0.15, 0.2) is 4.90 Å². The molecule has 0 radical (unpaired) electrons. The Hall–Kier alpha value is -0.910. The number of aliphatic hydroxyl groups is 1.